The SMILES string of the molecule is C.COc1nc(N)c(I)cc1C(=O)N1C[C@H](C)N(Cc2ccc(F)cc2)C[C@H]1C.COc1nc(N)ccc1C(=O)N1C[C@H](C)N(Cc2ccc(F)cc2)C[C@H]1C.II. The van der Waals surface area contributed by atoms with Gasteiger partial charge in [0, 0.05) is 101 Å². The molecule has 2 aliphatic heterocycles. The first-order valence-corrected chi connectivity index (χ1v) is 25.6. The number of halogens is 5. The normalized spacial score (nSPS) is 19.4. The van der Waals surface area contributed by atoms with Crippen LogP contribution in [0.3, 0.4) is 0 Å². The van der Waals surface area contributed by atoms with Gasteiger partial charge in [-0.05, 0) is 104 Å². The molecule has 0 unspecified atom stereocenters. The molecule has 2 aromatic heterocycles. The zero-order valence-electron chi connectivity index (χ0n) is 32.8. The molecule has 4 aromatic rings. The van der Waals surface area contributed by atoms with Gasteiger partial charge in [0.15, 0.2) is 0 Å². The van der Waals surface area contributed by atoms with Crippen molar-refractivity contribution in [1.29, 1.82) is 0 Å². The molecule has 6 rings (SSSR count). The first-order chi connectivity index (χ1) is 27.2. The summed E-state index contributed by atoms with van der Waals surface area (Å²) in [7, 11) is 2.96. The van der Waals surface area contributed by atoms with Crippen LogP contribution >= 0.6 is 59.8 Å². The number of methoxy groups -OCH3 is 2. The fraction of sp³-hybridized carbons (Fsp3) is 0.415. The molecule has 2 amide bonds. The number of hydrogen-bond donors (Lipinski definition) is 2. The summed E-state index contributed by atoms with van der Waals surface area (Å²) < 4.78 is 37.5. The summed E-state index contributed by atoms with van der Waals surface area (Å²) >= 11 is 6.31. The van der Waals surface area contributed by atoms with Gasteiger partial charge in [-0.15, -0.1) is 0 Å². The molecule has 0 spiro atoms. The van der Waals surface area contributed by atoms with Crippen molar-refractivity contribution < 1.29 is 27.8 Å². The van der Waals surface area contributed by atoms with Crippen molar-refractivity contribution in [3.05, 3.63) is 104 Å². The van der Waals surface area contributed by atoms with Gasteiger partial charge in [-0.3, -0.25) is 19.4 Å². The minimum atomic E-state index is -0.235. The van der Waals surface area contributed by atoms with E-state index in [2.05, 4.69) is 93.4 Å². The summed E-state index contributed by atoms with van der Waals surface area (Å²) in [5, 5.41) is 0. The van der Waals surface area contributed by atoms with E-state index in [1.165, 1.54) is 38.5 Å². The molecule has 4 heterocycles. The van der Waals surface area contributed by atoms with E-state index >= 15 is 0 Å². The largest absolute Gasteiger partial charge is 0.480 e. The monoisotopic (exact) mass is 1140 g/mol. The zero-order valence-corrected chi connectivity index (χ0v) is 39.2. The Hall–Kier alpha value is -3.15. The number of piperazine rings is 2. The highest BCUT2D eigenvalue weighted by molar-refractivity contribution is 15.0. The summed E-state index contributed by atoms with van der Waals surface area (Å²) in [5.41, 5.74) is 14.5. The predicted molar refractivity (Wildman–Crippen MR) is 251 cm³/mol. The first-order valence-electron chi connectivity index (χ1n) is 18.2. The van der Waals surface area contributed by atoms with Crippen molar-refractivity contribution in [3.8, 4) is 11.8 Å². The van der Waals surface area contributed by atoms with E-state index < -0.39 is 0 Å². The molecule has 316 valence electrons. The van der Waals surface area contributed by atoms with Crippen molar-refractivity contribution >= 4 is 83.3 Å². The molecule has 58 heavy (non-hydrogen) atoms. The van der Waals surface area contributed by atoms with E-state index in [1.54, 1.807) is 42.5 Å². The maximum atomic E-state index is 13.2. The highest BCUT2D eigenvalue weighted by Crippen LogP contribution is 2.28. The average molecular weight is 1140 g/mol. The molecule has 0 aliphatic carbocycles. The Bertz CT molecular complexity index is 1970. The molecule has 0 radical (unpaired) electrons. The smallest absolute Gasteiger partial charge is 0.259 e. The number of hydrogen-bond acceptors (Lipinski definition) is 10. The Labute approximate surface area is 377 Å². The maximum absolute atomic E-state index is 13.2. The van der Waals surface area contributed by atoms with Crippen LogP contribution in [0.5, 0.6) is 11.8 Å². The van der Waals surface area contributed by atoms with Crippen molar-refractivity contribution in [1.82, 2.24) is 29.6 Å². The van der Waals surface area contributed by atoms with E-state index in [9.17, 15) is 18.4 Å². The molecule has 17 heteroatoms. The number of benzene rings is 2. The van der Waals surface area contributed by atoms with Gasteiger partial charge in [-0.2, -0.15) is 9.97 Å². The van der Waals surface area contributed by atoms with Crippen LogP contribution in [0.2, 0.25) is 0 Å². The summed E-state index contributed by atoms with van der Waals surface area (Å²) in [6, 6.07) is 18.5. The average Bonchev–Trinajstić information content (AvgIpc) is 3.20. The molecule has 4 N–H and O–H groups in total. The fourth-order valence-corrected chi connectivity index (χ4v) is 7.36. The second-order valence-electron chi connectivity index (χ2n) is 14.1. The highest BCUT2D eigenvalue weighted by Gasteiger charge is 2.35. The molecule has 4 atom stereocenters. The standard InChI is InChI=1S/C20H24FIN4O2.C20H25FN4O2.CH4.I2/c1-12-10-26(20(27)16-8-17(22)18(23)24-19(16)28-3)13(2)9-25(12)11-14-4-6-15(21)7-5-14;1-13-11-25(20(26)17-8-9-18(22)23-19(17)27-3)14(2)10-24(13)12-15-4-6-16(21)7-5-15;;1-2/h4-8,12-13H,9-11H2,1-3H3,(H2,23,24);4-9,13-14H,10-12H2,1-3H3,(H2,22,23);1H4;/t12-,13+;13-,14+;;/m00../s1. The molecule has 12 nitrogen and oxygen atoms in total. The van der Waals surface area contributed by atoms with Gasteiger partial charge in [-0.1, -0.05) is 31.7 Å². The summed E-state index contributed by atoms with van der Waals surface area (Å²) in [6.07, 6.45) is 0. The number of ether oxygens (including phenoxy) is 2. The van der Waals surface area contributed by atoms with Crippen molar-refractivity contribution in [2.75, 3.05) is 51.9 Å². The Morgan fingerprint density at radius 2 is 1.09 bits per heavy atom. The number of nitrogen functional groups attached to an aromatic ring is 2. The molecule has 0 bridgehead atoms. The van der Waals surface area contributed by atoms with Crippen molar-refractivity contribution in [2.45, 2.75) is 72.4 Å². The van der Waals surface area contributed by atoms with Gasteiger partial charge in [-0.25, -0.2) is 8.78 Å². The zero-order chi connectivity index (χ0) is 42.0. The van der Waals surface area contributed by atoms with Gasteiger partial charge in [0.25, 0.3) is 11.8 Å². The number of carbonyl (C=O) groups excluding carboxylic acids is 2. The lowest BCUT2D eigenvalue weighted by Gasteiger charge is -2.44. The maximum Gasteiger partial charge on any atom is 0.259 e. The quantitative estimate of drug-likeness (QED) is 0.166. The van der Waals surface area contributed by atoms with Crippen LogP contribution in [0.25, 0.3) is 0 Å². The van der Waals surface area contributed by atoms with E-state index in [0.717, 1.165) is 40.9 Å². The number of nitrogens with zero attached hydrogens (tertiary/aromatic N) is 6. The minimum absolute atomic E-state index is 0. The third-order valence-corrected chi connectivity index (χ3v) is 10.9. The van der Waals surface area contributed by atoms with Gasteiger partial charge >= 0.3 is 0 Å². The highest BCUT2D eigenvalue weighted by atomic mass is 128. The molecule has 2 aromatic carbocycles. The molecule has 2 saturated heterocycles. The lowest BCUT2D eigenvalue weighted by atomic mass is 10.0. The van der Waals surface area contributed by atoms with Crippen LogP contribution in [0.1, 0.15) is 67.0 Å². The van der Waals surface area contributed by atoms with Crippen LogP contribution in [-0.2, 0) is 13.1 Å². The van der Waals surface area contributed by atoms with Gasteiger partial charge in [0.2, 0.25) is 11.8 Å². The van der Waals surface area contributed by atoms with E-state index in [1.807, 2.05) is 23.6 Å². The number of amides is 2. The summed E-state index contributed by atoms with van der Waals surface area (Å²) in [4.78, 5) is 42.9. The number of pyridine rings is 2. The molecular formula is C41H53F2I3N8O4. The fourth-order valence-electron chi connectivity index (χ4n) is 6.93. The molecular weight excluding hydrogens is 1090 g/mol. The predicted octanol–water partition coefficient (Wildman–Crippen LogP) is 8.11. The van der Waals surface area contributed by atoms with Gasteiger partial charge < -0.3 is 30.7 Å². The van der Waals surface area contributed by atoms with E-state index in [-0.39, 0.29) is 66.8 Å². The van der Waals surface area contributed by atoms with Crippen LogP contribution in [0, 0.1) is 15.2 Å². The number of anilines is 2. The van der Waals surface area contributed by atoms with Crippen LogP contribution < -0.4 is 20.9 Å². The van der Waals surface area contributed by atoms with Crippen molar-refractivity contribution in [2.24, 2.45) is 0 Å². The summed E-state index contributed by atoms with van der Waals surface area (Å²) in [5.74, 6) is 0.463. The van der Waals surface area contributed by atoms with Crippen LogP contribution in [-0.4, -0.2) is 106 Å². The Kier molecular flexibility index (Phi) is 19.5. The third-order valence-electron chi connectivity index (χ3n) is 10.0. The number of rotatable bonds is 8. The van der Waals surface area contributed by atoms with Gasteiger partial charge in [0.1, 0.15) is 34.4 Å². The summed E-state index contributed by atoms with van der Waals surface area (Å²) in [6.45, 7) is 12.3. The topological polar surface area (TPSA) is 143 Å². The number of carbonyl (C=O) groups is 2. The van der Waals surface area contributed by atoms with Crippen LogP contribution in [0.4, 0.5) is 20.4 Å². The third kappa shape index (κ3) is 12.7. The van der Waals surface area contributed by atoms with E-state index in [4.69, 9.17) is 20.9 Å². The molecule has 2 aliphatic rings. The second kappa shape index (κ2) is 23.0. The Morgan fingerprint density at radius 1 is 0.672 bits per heavy atom. The van der Waals surface area contributed by atoms with Gasteiger partial charge in [0.05, 0.1) is 17.8 Å². The Balaban J connectivity index is 0.000000293. The van der Waals surface area contributed by atoms with E-state index in [0.29, 0.717) is 35.9 Å². The molecule has 2 fully saturated rings. The number of nitrogens with two attached hydrogens (primary N) is 2. The lowest BCUT2D eigenvalue weighted by Crippen LogP contribution is -2.57. The Morgan fingerprint density at radius 3 is 1.52 bits per heavy atom. The second-order valence-corrected chi connectivity index (χ2v) is 15.3. The lowest BCUT2D eigenvalue weighted by molar-refractivity contribution is 0.0283. The van der Waals surface area contributed by atoms with Crippen molar-refractivity contribution in [3.63, 3.8) is 0 Å². The minimum Gasteiger partial charge on any atom is -0.480 e. The number of aromatic nitrogens is 2. The van der Waals surface area contributed by atoms with Crippen LogP contribution in [0.15, 0.2) is 66.7 Å². The first kappa shape index (κ1) is 49.2. The molecule has 0 saturated carbocycles.